The van der Waals surface area contributed by atoms with Crippen LogP contribution in [0, 0.1) is 17.8 Å². The highest BCUT2D eigenvalue weighted by Gasteiger charge is 2.42. The van der Waals surface area contributed by atoms with E-state index in [0.29, 0.717) is 37.2 Å². The average molecular weight is 532 g/mol. The first-order valence-electron chi connectivity index (χ1n) is 12.7. The van der Waals surface area contributed by atoms with Crippen LogP contribution in [0.4, 0.5) is 26.3 Å². The highest BCUT2D eigenvalue weighted by molar-refractivity contribution is 5.89. The van der Waals surface area contributed by atoms with Gasteiger partial charge in [-0.1, -0.05) is 18.2 Å². The molecule has 0 saturated heterocycles. The molecule has 2 saturated carbocycles. The molecule has 4 rings (SSSR count). The fraction of sp³-hybridized carbons (Fsp3) is 0.593. The summed E-state index contributed by atoms with van der Waals surface area (Å²) >= 11 is 0. The molecule has 2 aromatic rings. The van der Waals surface area contributed by atoms with Gasteiger partial charge in [-0.3, -0.25) is 4.79 Å². The van der Waals surface area contributed by atoms with Crippen LogP contribution in [-0.2, 0) is 17.5 Å². The third-order valence-corrected chi connectivity index (χ3v) is 7.72. The number of halogens is 6. The van der Waals surface area contributed by atoms with Crippen LogP contribution in [0.3, 0.4) is 0 Å². The minimum Gasteiger partial charge on any atom is -0.490 e. The van der Waals surface area contributed by atoms with Crippen LogP contribution < -0.4 is 10.1 Å². The summed E-state index contributed by atoms with van der Waals surface area (Å²) in [4.78, 5) is 11.1. The number of ether oxygens (including phenoxy) is 1. The van der Waals surface area contributed by atoms with Gasteiger partial charge in [0.2, 0.25) is 0 Å². The zero-order valence-corrected chi connectivity index (χ0v) is 20.3. The van der Waals surface area contributed by atoms with Crippen LogP contribution in [0.2, 0.25) is 0 Å². The third-order valence-electron chi connectivity index (χ3n) is 7.72. The highest BCUT2D eigenvalue weighted by Crippen LogP contribution is 2.44. The topological polar surface area (TPSA) is 58.6 Å². The number of fused-ring (bicyclic) bond motifs is 1. The minimum absolute atomic E-state index is 0.00952. The molecule has 0 bridgehead atoms. The molecule has 0 spiro atoms. The Balaban J connectivity index is 1.41. The summed E-state index contributed by atoms with van der Waals surface area (Å²) in [5.41, 5.74) is -0.0865. The number of alkyl halides is 6. The second-order valence-corrected chi connectivity index (χ2v) is 10.3. The number of rotatable bonds is 7. The van der Waals surface area contributed by atoms with Gasteiger partial charge in [-0.25, -0.2) is 0 Å². The fourth-order valence-corrected chi connectivity index (χ4v) is 5.58. The van der Waals surface area contributed by atoms with Crippen LogP contribution in [-0.4, -0.2) is 29.9 Å². The van der Waals surface area contributed by atoms with E-state index >= 15 is 0 Å². The van der Waals surface area contributed by atoms with Gasteiger partial charge in [-0.05, 0) is 92.3 Å². The smallest absolute Gasteiger partial charge is 0.420 e. The third kappa shape index (κ3) is 6.89. The maximum atomic E-state index is 14.1. The van der Waals surface area contributed by atoms with Crippen LogP contribution in [0.15, 0.2) is 30.3 Å². The van der Waals surface area contributed by atoms with Crippen LogP contribution in [0.5, 0.6) is 5.75 Å². The Labute approximate surface area is 211 Å². The number of carbonyl (C=O) groups is 1. The van der Waals surface area contributed by atoms with E-state index in [1.165, 1.54) is 12.1 Å². The van der Waals surface area contributed by atoms with Crippen molar-refractivity contribution in [1.29, 1.82) is 0 Å². The number of aliphatic carboxylic acids is 1. The van der Waals surface area contributed by atoms with Crippen molar-refractivity contribution in [1.82, 2.24) is 5.32 Å². The van der Waals surface area contributed by atoms with Gasteiger partial charge >= 0.3 is 18.3 Å². The monoisotopic (exact) mass is 531 g/mol. The summed E-state index contributed by atoms with van der Waals surface area (Å²) in [5.74, 6) is -2.43. The van der Waals surface area contributed by atoms with Crippen LogP contribution >= 0.6 is 0 Å². The number of hydrogen-bond donors (Lipinski definition) is 2. The Morgan fingerprint density at radius 3 is 2.19 bits per heavy atom. The molecule has 2 aliphatic rings. The van der Waals surface area contributed by atoms with E-state index in [-0.39, 0.29) is 42.7 Å². The van der Waals surface area contributed by atoms with Gasteiger partial charge in [0.25, 0.3) is 0 Å². The first kappa shape index (κ1) is 27.5. The molecule has 2 aromatic carbocycles. The number of nitrogens with one attached hydrogen (secondary N) is 1. The molecule has 2 fully saturated rings. The molecule has 4 nitrogen and oxygen atoms in total. The first-order chi connectivity index (χ1) is 17.4. The summed E-state index contributed by atoms with van der Waals surface area (Å²) in [6.45, 7) is 1.18. The molecule has 37 heavy (non-hydrogen) atoms. The Morgan fingerprint density at radius 1 is 0.919 bits per heavy atom. The number of benzene rings is 2. The van der Waals surface area contributed by atoms with Crippen molar-refractivity contribution in [3.63, 3.8) is 0 Å². The maximum Gasteiger partial charge on any atom is 0.420 e. The molecule has 0 radical (unpaired) electrons. The van der Waals surface area contributed by atoms with Gasteiger partial charge in [-0.15, -0.1) is 0 Å². The van der Waals surface area contributed by atoms with Crippen molar-refractivity contribution >= 4 is 16.7 Å². The van der Waals surface area contributed by atoms with Crippen molar-refractivity contribution in [2.75, 3.05) is 6.54 Å². The molecule has 0 amide bonds. The van der Waals surface area contributed by atoms with Gasteiger partial charge in [0.1, 0.15) is 11.3 Å². The lowest BCUT2D eigenvalue weighted by Crippen LogP contribution is -2.32. The van der Waals surface area contributed by atoms with Crippen molar-refractivity contribution in [2.45, 2.75) is 76.4 Å². The molecular weight excluding hydrogens is 500 g/mol. The number of hydrogen-bond acceptors (Lipinski definition) is 3. The standard InChI is InChI=1S/C27H31F6NO3/c28-26(29,30)20-7-9-21(10-8-20)37-23-12-6-19-13-17(3-11-22(19)24(23)27(31,32)33)15-34-14-16-1-4-18(5-2-16)25(35)36/h3,6,11-13,16,18,20-21,34H,1-2,4-5,7-10,14-15H2,(H,35,36). The normalized spacial score (nSPS) is 25.2. The largest absolute Gasteiger partial charge is 0.490 e. The fourth-order valence-electron chi connectivity index (χ4n) is 5.58. The predicted molar refractivity (Wildman–Crippen MR) is 126 cm³/mol. The predicted octanol–water partition coefficient (Wildman–Crippen LogP) is 7.34. The van der Waals surface area contributed by atoms with E-state index < -0.39 is 35.9 Å². The molecule has 0 atom stereocenters. The van der Waals surface area contributed by atoms with Gasteiger partial charge in [0.05, 0.1) is 17.9 Å². The van der Waals surface area contributed by atoms with Gasteiger partial charge in [-0.2, -0.15) is 26.3 Å². The molecule has 2 aliphatic carbocycles. The molecule has 204 valence electrons. The van der Waals surface area contributed by atoms with Gasteiger partial charge < -0.3 is 15.2 Å². The van der Waals surface area contributed by atoms with Crippen molar-refractivity contribution < 1.29 is 41.0 Å². The van der Waals surface area contributed by atoms with E-state index in [4.69, 9.17) is 9.84 Å². The van der Waals surface area contributed by atoms with Crippen molar-refractivity contribution in [3.8, 4) is 5.75 Å². The van der Waals surface area contributed by atoms with Crippen LogP contribution in [0.1, 0.15) is 62.5 Å². The molecule has 0 aliphatic heterocycles. The Bertz CT molecular complexity index is 1080. The molecular formula is C27H31F6NO3. The van der Waals surface area contributed by atoms with Crippen molar-refractivity contribution in [2.24, 2.45) is 17.8 Å². The maximum absolute atomic E-state index is 14.1. The second-order valence-electron chi connectivity index (χ2n) is 10.3. The minimum atomic E-state index is -4.69. The van der Waals surface area contributed by atoms with E-state index in [9.17, 15) is 31.1 Å². The van der Waals surface area contributed by atoms with E-state index in [1.54, 1.807) is 18.2 Å². The number of carboxylic acid groups (broad SMARTS) is 1. The van der Waals surface area contributed by atoms with Crippen LogP contribution in [0.25, 0.3) is 10.8 Å². The zero-order valence-electron chi connectivity index (χ0n) is 20.3. The zero-order chi connectivity index (χ0) is 26.8. The lowest BCUT2D eigenvalue weighted by molar-refractivity contribution is -0.185. The number of carboxylic acids is 1. The molecule has 0 aromatic heterocycles. The van der Waals surface area contributed by atoms with Gasteiger partial charge in [0.15, 0.2) is 0 Å². The van der Waals surface area contributed by atoms with E-state index in [1.807, 2.05) is 0 Å². The average Bonchev–Trinajstić information content (AvgIpc) is 2.83. The molecule has 10 heteroatoms. The summed E-state index contributed by atoms with van der Waals surface area (Å²) in [6.07, 6.45) is -6.88. The Kier molecular flexibility index (Phi) is 8.26. The first-order valence-corrected chi connectivity index (χ1v) is 12.7. The molecule has 0 unspecified atom stereocenters. The summed E-state index contributed by atoms with van der Waals surface area (Å²) in [6, 6.07) is 7.55. The lowest BCUT2D eigenvalue weighted by atomic mass is 9.82. The molecule has 0 heterocycles. The second kappa shape index (κ2) is 11.1. The summed E-state index contributed by atoms with van der Waals surface area (Å²) < 4.78 is 86.6. The Morgan fingerprint density at radius 2 is 1.59 bits per heavy atom. The SMILES string of the molecule is O=C(O)C1CCC(CNCc2ccc3c(C(F)(F)F)c(OC4CCC(C(F)(F)F)CC4)ccc3c2)CC1. The van der Waals surface area contributed by atoms with E-state index in [0.717, 1.165) is 18.4 Å². The van der Waals surface area contributed by atoms with Gasteiger partial charge in [0, 0.05) is 6.54 Å². The van der Waals surface area contributed by atoms with Crippen molar-refractivity contribution in [3.05, 3.63) is 41.5 Å². The molecule has 2 N–H and O–H groups in total. The quantitative estimate of drug-likeness (QED) is 0.367. The highest BCUT2D eigenvalue weighted by atomic mass is 19.4. The lowest BCUT2D eigenvalue weighted by Gasteiger charge is -2.31. The van der Waals surface area contributed by atoms with E-state index in [2.05, 4.69) is 5.32 Å². The summed E-state index contributed by atoms with van der Waals surface area (Å²) in [7, 11) is 0. The summed E-state index contributed by atoms with van der Waals surface area (Å²) in [5, 5.41) is 12.8. The Hall–Kier alpha value is -2.49.